The van der Waals surface area contributed by atoms with Gasteiger partial charge in [0.15, 0.2) is 0 Å². The highest BCUT2D eigenvalue weighted by Gasteiger charge is 2.19. The monoisotopic (exact) mass is 399 g/mol. The maximum absolute atomic E-state index is 13.5. The predicted octanol–water partition coefficient (Wildman–Crippen LogP) is 4.64. The number of fused-ring (bicyclic) bond motifs is 1. The second kappa shape index (κ2) is 8.93. The van der Waals surface area contributed by atoms with E-state index in [0.717, 1.165) is 0 Å². The molecule has 0 amide bonds. The molecule has 0 saturated carbocycles. The van der Waals surface area contributed by atoms with E-state index in [1.54, 1.807) is 4.57 Å². The van der Waals surface area contributed by atoms with Gasteiger partial charge in [0.25, 0.3) is 5.56 Å². The van der Waals surface area contributed by atoms with Gasteiger partial charge in [0, 0.05) is 6.54 Å². The fourth-order valence-electron chi connectivity index (χ4n) is 3.55. The van der Waals surface area contributed by atoms with Crippen molar-refractivity contribution >= 4 is 10.9 Å². The van der Waals surface area contributed by atoms with Gasteiger partial charge in [-0.3, -0.25) is 9.36 Å². The van der Waals surface area contributed by atoms with Crippen LogP contribution in [0.3, 0.4) is 0 Å². The average Bonchev–Trinajstić information content (AvgIpc) is 2.79. The first kappa shape index (κ1) is 19.9. The van der Waals surface area contributed by atoms with Crippen molar-refractivity contribution in [2.75, 3.05) is 6.61 Å². The summed E-state index contributed by atoms with van der Waals surface area (Å²) in [6.07, 6.45) is 0. The van der Waals surface area contributed by atoms with Crippen LogP contribution in [0.2, 0.25) is 0 Å². The van der Waals surface area contributed by atoms with E-state index in [0.29, 0.717) is 41.3 Å². The number of nitrogens with one attached hydrogen (secondary N) is 1. The van der Waals surface area contributed by atoms with Crippen LogP contribution < -0.4 is 15.6 Å². The van der Waals surface area contributed by atoms with Crippen LogP contribution >= 0.6 is 0 Å². The lowest BCUT2D eigenvalue weighted by atomic mass is 10.1. The lowest BCUT2D eigenvalue weighted by Gasteiger charge is -2.21. The van der Waals surface area contributed by atoms with Crippen molar-refractivity contribution in [2.24, 2.45) is 0 Å². The molecule has 5 nitrogen and oxygen atoms in total. The molecule has 1 N–H and O–H groups in total. The fourth-order valence-corrected chi connectivity index (χ4v) is 3.55. The standard InChI is InChI=1S/C25H25N3O2/c1-3-30-23-16-10-9-15-22(23)28-24(18(2)26-17-19-11-5-4-6-12-19)27-21-14-8-7-13-20(21)25(28)29/h4-16,18,26H,3,17H2,1-2H3. The zero-order valence-corrected chi connectivity index (χ0v) is 17.2. The molecule has 1 aromatic heterocycles. The summed E-state index contributed by atoms with van der Waals surface area (Å²) in [4.78, 5) is 18.4. The largest absolute Gasteiger partial charge is 0.492 e. The molecule has 4 aromatic rings. The summed E-state index contributed by atoms with van der Waals surface area (Å²) in [7, 11) is 0. The summed E-state index contributed by atoms with van der Waals surface area (Å²) >= 11 is 0. The molecule has 4 rings (SSSR count). The fraction of sp³-hybridized carbons (Fsp3) is 0.200. The van der Waals surface area contributed by atoms with Crippen LogP contribution in [-0.2, 0) is 6.54 Å². The van der Waals surface area contributed by atoms with Crippen LogP contribution in [0.1, 0.15) is 31.3 Å². The summed E-state index contributed by atoms with van der Waals surface area (Å²) in [5.74, 6) is 1.32. The van der Waals surface area contributed by atoms with Gasteiger partial charge in [0.05, 0.1) is 29.2 Å². The summed E-state index contributed by atoms with van der Waals surface area (Å²) < 4.78 is 7.49. The minimum absolute atomic E-state index is 0.101. The molecule has 0 aliphatic carbocycles. The van der Waals surface area contributed by atoms with Crippen LogP contribution in [-0.4, -0.2) is 16.2 Å². The van der Waals surface area contributed by atoms with Gasteiger partial charge >= 0.3 is 0 Å². The first-order valence-electron chi connectivity index (χ1n) is 10.2. The van der Waals surface area contributed by atoms with Gasteiger partial charge in [-0.15, -0.1) is 0 Å². The van der Waals surface area contributed by atoms with E-state index in [1.807, 2.05) is 80.6 Å². The van der Waals surface area contributed by atoms with Crippen molar-refractivity contribution in [1.29, 1.82) is 0 Å². The molecule has 1 atom stereocenters. The summed E-state index contributed by atoms with van der Waals surface area (Å²) in [5.41, 5.74) is 2.46. The maximum atomic E-state index is 13.5. The zero-order valence-electron chi connectivity index (χ0n) is 17.2. The van der Waals surface area contributed by atoms with E-state index in [9.17, 15) is 4.79 Å². The molecular formula is C25H25N3O2. The number of aromatic nitrogens is 2. The maximum Gasteiger partial charge on any atom is 0.266 e. The SMILES string of the molecule is CCOc1ccccc1-n1c(C(C)NCc2ccccc2)nc2ccccc2c1=O. The summed E-state index contributed by atoms with van der Waals surface area (Å²) in [6.45, 7) is 5.16. The van der Waals surface area contributed by atoms with E-state index < -0.39 is 0 Å². The Morgan fingerprint density at radius 3 is 2.47 bits per heavy atom. The van der Waals surface area contributed by atoms with Crippen molar-refractivity contribution in [3.05, 3.63) is 101 Å². The van der Waals surface area contributed by atoms with Crippen molar-refractivity contribution in [3.63, 3.8) is 0 Å². The van der Waals surface area contributed by atoms with Gasteiger partial charge in [0.2, 0.25) is 0 Å². The number of para-hydroxylation sites is 3. The number of hydrogen-bond donors (Lipinski definition) is 1. The highest BCUT2D eigenvalue weighted by Crippen LogP contribution is 2.25. The zero-order chi connectivity index (χ0) is 20.9. The number of ether oxygens (including phenoxy) is 1. The average molecular weight is 399 g/mol. The van der Waals surface area contributed by atoms with Crippen LogP contribution in [0.5, 0.6) is 5.75 Å². The van der Waals surface area contributed by atoms with Gasteiger partial charge in [-0.2, -0.15) is 0 Å². The van der Waals surface area contributed by atoms with Crippen LogP contribution in [0, 0.1) is 0 Å². The van der Waals surface area contributed by atoms with Crippen molar-refractivity contribution in [3.8, 4) is 11.4 Å². The minimum atomic E-state index is -0.155. The Kier molecular flexibility index (Phi) is 5.91. The van der Waals surface area contributed by atoms with E-state index in [-0.39, 0.29) is 11.6 Å². The molecule has 0 aliphatic rings. The molecule has 152 valence electrons. The van der Waals surface area contributed by atoms with Gasteiger partial charge < -0.3 is 10.1 Å². The molecular weight excluding hydrogens is 374 g/mol. The van der Waals surface area contributed by atoms with Gasteiger partial charge in [0.1, 0.15) is 11.6 Å². The van der Waals surface area contributed by atoms with Crippen molar-refractivity contribution < 1.29 is 4.74 Å². The Balaban J connectivity index is 1.84. The molecule has 0 spiro atoms. The topological polar surface area (TPSA) is 56.1 Å². The second-order valence-electron chi connectivity index (χ2n) is 7.12. The van der Waals surface area contributed by atoms with Crippen molar-refractivity contribution in [1.82, 2.24) is 14.9 Å². The molecule has 1 heterocycles. The third-order valence-corrected chi connectivity index (χ3v) is 5.05. The number of rotatable bonds is 7. The lowest BCUT2D eigenvalue weighted by molar-refractivity contribution is 0.338. The highest BCUT2D eigenvalue weighted by molar-refractivity contribution is 5.78. The van der Waals surface area contributed by atoms with Gasteiger partial charge in [-0.1, -0.05) is 54.6 Å². The van der Waals surface area contributed by atoms with Gasteiger partial charge in [-0.05, 0) is 43.7 Å². The molecule has 3 aromatic carbocycles. The molecule has 5 heteroatoms. The molecule has 1 unspecified atom stereocenters. The molecule has 0 fully saturated rings. The Morgan fingerprint density at radius 1 is 0.967 bits per heavy atom. The Hall–Kier alpha value is -3.44. The molecule has 0 radical (unpaired) electrons. The normalized spacial score (nSPS) is 12.1. The minimum Gasteiger partial charge on any atom is -0.492 e. The number of nitrogens with zero attached hydrogens (tertiary/aromatic N) is 2. The third kappa shape index (κ3) is 3.98. The predicted molar refractivity (Wildman–Crippen MR) is 120 cm³/mol. The molecule has 0 aliphatic heterocycles. The molecule has 0 saturated heterocycles. The van der Waals surface area contributed by atoms with E-state index in [4.69, 9.17) is 9.72 Å². The summed E-state index contributed by atoms with van der Waals surface area (Å²) in [6, 6.07) is 25.1. The molecule has 30 heavy (non-hydrogen) atoms. The second-order valence-corrected chi connectivity index (χ2v) is 7.12. The first-order chi connectivity index (χ1) is 14.7. The smallest absolute Gasteiger partial charge is 0.266 e. The van der Waals surface area contributed by atoms with Crippen LogP contribution in [0.15, 0.2) is 83.7 Å². The quantitative estimate of drug-likeness (QED) is 0.492. The summed E-state index contributed by atoms with van der Waals surface area (Å²) in [5, 5.41) is 4.09. The number of hydrogen-bond acceptors (Lipinski definition) is 4. The number of benzene rings is 3. The lowest BCUT2D eigenvalue weighted by Crippen LogP contribution is -2.30. The Morgan fingerprint density at radius 2 is 1.67 bits per heavy atom. The molecule has 0 bridgehead atoms. The van der Waals surface area contributed by atoms with Gasteiger partial charge in [-0.25, -0.2) is 4.98 Å². The third-order valence-electron chi connectivity index (χ3n) is 5.05. The van der Waals surface area contributed by atoms with Crippen LogP contribution in [0.4, 0.5) is 0 Å². The van der Waals surface area contributed by atoms with Crippen molar-refractivity contribution in [2.45, 2.75) is 26.4 Å². The van der Waals surface area contributed by atoms with E-state index in [2.05, 4.69) is 17.4 Å². The van der Waals surface area contributed by atoms with E-state index >= 15 is 0 Å². The van der Waals surface area contributed by atoms with E-state index in [1.165, 1.54) is 5.56 Å². The Bertz CT molecular complexity index is 1200. The Labute approximate surface area is 176 Å². The highest BCUT2D eigenvalue weighted by atomic mass is 16.5. The van der Waals surface area contributed by atoms with Crippen LogP contribution in [0.25, 0.3) is 16.6 Å². The first-order valence-corrected chi connectivity index (χ1v) is 10.2.